The van der Waals surface area contributed by atoms with Gasteiger partial charge in [0.2, 0.25) is 0 Å². The lowest BCUT2D eigenvalue weighted by atomic mass is 9.93. The molecular formula is C15H23NO. The molecule has 3 atom stereocenters. The first-order valence-corrected chi connectivity index (χ1v) is 6.64. The summed E-state index contributed by atoms with van der Waals surface area (Å²) in [5.41, 5.74) is 1.03. The van der Waals surface area contributed by atoms with E-state index in [2.05, 4.69) is 18.7 Å². The van der Waals surface area contributed by atoms with Crippen LogP contribution in [-0.4, -0.2) is 29.1 Å². The highest BCUT2D eigenvalue weighted by Gasteiger charge is 2.24. The molecular weight excluding hydrogens is 210 g/mol. The van der Waals surface area contributed by atoms with Gasteiger partial charge in [0.1, 0.15) is 0 Å². The van der Waals surface area contributed by atoms with E-state index in [0.717, 1.165) is 24.6 Å². The normalized spacial score (nSPS) is 27.9. The van der Waals surface area contributed by atoms with Crippen LogP contribution in [0.25, 0.3) is 0 Å². The maximum Gasteiger partial charge on any atom is 0.0917 e. The van der Waals surface area contributed by atoms with Crippen LogP contribution in [0.15, 0.2) is 30.3 Å². The standard InChI is InChI=1S/C15H23NO/c1-12-8-9-16(13(2)10-12)11-15(17)14-6-4-3-5-7-14/h3-7,12-13,15,17H,8-11H2,1-2H3. The molecule has 1 aromatic rings. The van der Waals surface area contributed by atoms with E-state index in [1.807, 2.05) is 30.3 Å². The minimum Gasteiger partial charge on any atom is -0.387 e. The van der Waals surface area contributed by atoms with E-state index in [9.17, 15) is 5.11 Å². The van der Waals surface area contributed by atoms with Crippen molar-refractivity contribution in [1.29, 1.82) is 0 Å². The van der Waals surface area contributed by atoms with E-state index in [1.165, 1.54) is 12.8 Å². The smallest absolute Gasteiger partial charge is 0.0917 e. The van der Waals surface area contributed by atoms with Crippen molar-refractivity contribution in [3.05, 3.63) is 35.9 Å². The van der Waals surface area contributed by atoms with Crippen molar-refractivity contribution in [2.24, 2.45) is 5.92 Å². The number of piperidine rings is 1. The third-order valence-corrected chi connectivity index (χ3v) is 3.87. The molecule has 1 heterocycles. The number of rotatable bonds is 3. The Morgan fingerprint density at radius 2 is 2.00 bits per heavy atom. The first-order chi connectivity index (χ1) is 8.16. The summed E-state index contributed by atoms with van der Waals surface area (Å²) in [6.45, 7) is 6.47. The van der Waals surface area contributed by atoms with E-state index in [-0.39, 0.29) is 6.10 Å². The summed E-state index contributed by atoms with van der Waals surface area (Å²) in [7, 11) is 0. The van der Waals surface area contributed by atoms with Crippen LogP contribution in [0.3, 0.4) is 0 Å². The van der Waals surface area contributed by atoms with Crippen molar-refractivity contribution in [2.45, 2.75) is 38.8 Å². The quantitative estimate of drug-likeness (QED) is 0.867. The van der Waals surface area contributed by atoms with Gasteiger partial charge in [-0.3, -0.25) is 4.90 Å². The van der Waals surface area contributed by atoms with Crippen molar-refractivity contribution >= 4 is 0 Å². The fourth-order valence-electron chi connectivity index (χ4n) is 2.73. The molecule has 3 unspecified atom stereocenters. The first-order valence-electron chi connectivity index (χ1n) is 6.64. The summed E-state index contributed by atoms with van der Waals surface area (Å²) >= 11 is 0. The number of aliphatic hydroxyl groups excluding tert-OH is 1. The molecule has 1 aliphatic heterocycles. The summed E-state index contributed by atoms with van der Waals surface area (Å²) in [6, 6.07) is 10.6. The monoisotopic (exact) mass is 233 g/mol. The van der Waals surface area contributed by atoms with Gasteiger partial charge in [-0.05, 0) is 37.8 Å². The van der Waals surface area contributed by atoms with E-state index < -0.39 is 0 Å². The molecule has 0 aromatic heterocycles. The Morgan fingerprint density at radius 3 is 2.65 bits per heavy atom. The van der Waals surface area contributed by atoms with Crippen LogP contribution in [0.1, 0.15) is 38.4 Å². The predicted octanol–water partition coefficient (Wildman–Crippen LogP) is 2.84. The Labute approximate surface area is 104 Å². The summed E-state index contributed by atoms with van der Waals surface area (Å²) in [5, 5.41) is 10.2. The van der Waals surface area contributed by atoms with E-state index in [1.54, 1.807) is 0 Å². The number of nitrogens with zero attached hydrogens (tertiary/aromatic N) is 1. The fraction of sp³-hybridized carbons (Fsp3) is 0.600. The van der Waals surface area contributed by atoms with E-state index in [4.69, 9.17) is 0 Å². The molecule has 0 spiro atoms. The molecule has 0 bridgehead atoms. The van der Waals surface area contributed by atoms with Crippen LogP contribution in [-0.2, 0) is 0 Å². The molecule has 2 heteroatoms. The average molecular weight is 233 g/mol. The molecule has 1 aliphatic rings. The molecule has 0 aliphatic carbocycles. The van der Waals surface area contributed by atoms with Gasteiger partial charge in [-0.25, -0.2) is 0 Å². The maximum absolute atomic E-state index is 10.2. The number of aliphatic hydroxyl groups is 1. The number of likely N-dealkylation sites (tertiary alicyclic amines) is 1. The number of hydrogen-bond donors (Lipinski definition) is 1. The van der Waals surface area contributed by atoms with Crippen LogP contribution >= 0.6 is 0 Å². The Kier molecular flexibility index (Phi) is 4.19. The molecule has 1 aromatic carbocycles. The lowest BCUT2D eigenvalue weighted by molar-refractivity contribution is 0.0601. The second-order valence-corrected chi connectivity index (χ2v) is 5.40. The predicted molar refractivity (Wildman–Crippen MR) is 70.8 cm³/mol. The van der Waals surface area contributed by atoms with Crippen LogP contribution in [0.5, 0.6) is 0 Å². The summed E-state index contributed by atoms with van der Waals surface area (Å²) in [6.07, 6.45) is 2.15. The Hall–Kier alpha value is -0.860. The molecule has 2 rings (SSSR count). The molecule has 2 nitrogen and oxygen atoms in total. The lowest BCUT2D eigenvalue weighted by Crippen LogP contribution is -2.42. The fourth-order valence-corrected chi connectivity index (χ4v) is 2.73. The van der Waals surface area contributed by atoms with Crippen molar-refractivity contribution in [2.75, 3.05) is 13.1 Å². The van der Waals surface area contributed by atoms with Crippen LogP contribution in [0, 0.1) is 5.92 Å². The van der Waals surface area contributed by atoms with Crippen molar-refractivity contribution in [3.63, 3.8) is 0 Å². The van der Waals surface area contributed by atoms with Crippen molar-refractivity contribution < 1.29 is 5.11 Å². The minimum atomic E-state index is -0.355. The molecule has 1 saturated heterocycles. The van der Waals surface area contributed by atoms with Gasteiger partial charge in [0.05, 0.1) is 6.10 Å². The van der Waals surface area contributed by atoms with Crippen LogP contribution in [0.2, 0.25) is 0 Å². The molecule has 94 valence electrons. The largest absolute Gasteiger partial charge is 0.387 e. The summed E-state index contributed by atoms with van der Waals surface area (Å²) < 4.78 is 0. The zero-order valence-electron chi connectivity index (χ0n) is 10.8. The number of β-amino-alcohol motifs (C(OH)–C–C–N with tert-alkyl or cyclic N) is 1. The van der Waals surface area contributed by atoms with E-state index >= 15 is 0 Å². The van der Waals surface area contributed by atoms with Gasteiger partial charge in [-0.1, -0.05) is 37.3 Å². The SMILES string of the molecule is CC1CCN(CC(O)c2ccccc2)C(C)C1. The average Bonchev–Trinajstić information content (AvgIpc) is 2.34. The molecule has 0 saturated carbocycles. The van der Waals surface area contributed by atoms with Crippen molar-refractivity contribution in [1.82, 2.24) is 4.90 Å². The third-order valence-electron chi connectivity index (χ3n) is 3.87. The maximum atomic E-state index is 10.2. The molecule has 0 amide bonds. The van der Waals surface area contributed by atoms with E-state index in [0.29, 0.717) is 6.04 Å². The molecule has 1 N–H and O–H groups in total. The summed E-state index contributed by atoms with van der Waals surface area (Å²) in [5.74, 6) is 0.829. The second-order valence-electron chi connectivity index (χ2n) is 5.40. The van der Waals surface area contributed by atoms with Gasteiger partial charge >= 0.3 is 0 Å². The molecule has 1 fully saturated rings. The minimum absolute atomic E-state index is 0.355. The van der Waals surface area contributed by atoms with Crippen LogP contribution in [0.4, 0.5) is 0 Å². The number of hydrogen-bond acceptors (Lipinski definition) is 2. The van der Waals surface area contributed by atoms with Gasteiger partial charge in [0, 0.05) is 12.6 Å². The highest BCUT2D eigenvalue weighted by molar-refractivity contribution is 5.17. The van der Waals surface area contributed by atoms with Crippen LogP contribution < -0.4 is 0 Å². The third kappa shape index (κ3) is 3.30. The highest BCUT2D eigenvalue weighted by atomic mass is 16.3. The Morgan fingerprint density at radius 1 is 1.29 bits per heavy atom. The highest BCUT2D eigenvalue weighted by Crippen LogP contribution is 2.24. The Balaban J connectivity index is 1.93. The van der Waals surface area contributed by atoms with Gasteiger partial charge in [0.15, 0.2) is 0 Å². The van der Waals surface area contributed by atoms with Gasteiger partial charge in [-0.2, -0.15) is 0 Å². The van der Waals surface area contributed by atoms with Crippen molar-refractivity contribution in [3.8, 4) is 0 Å². The molecule has 0 radical (unpaired) electrons. The Bertz CT molecular complexity index is 338. The topological polar surface area (TPSA) is 23.5 Å². The first kappa shape index (κ1) is 12.6. The zero-order valence-corrected chi connectivity index (χ0v) is 10.8. The second kappa shape index (κ2) is 5.65. The molecule has 17 heavy (non-hydrogen) atoms. The number of benzene rings is 1. The van der Waals surface area contributed by atoms with Gasteiger partial charge in [0.25, 0.3) is 0 Å². The zero-order chi connectivity index (χ0) is 12.3. The van der Waals surface area contributed by atoms with Gasteiger partial charge in [-0.15, -0.1) is 0 Å². The lowest BCUT2D eigenvalue weighted by Gasteiger charge is -2.37. The van der Waals surface area contributed by atoms with Gasteiger partial charge < -0.3 is 5.11 Å². The summed E-state index contributed by atoms with van der Waals surface area (Å²) in [4.78, 5) is 2.41.